The highest BCUT2D eigenvalue weighted by atomic mass is 16.2. The molecule has 1 heterocycles. The molecule has 1 N–H and O–H groups in total. The number of nitrogens with zero attached hydrogens (tertiary/aromatic N) is 1. The van der Waals surface area contributed by atoms with Crippen LogP contribution in [-0.4, -0.2) is 35.5 Å². The van der Waals surface area contributed by atoms with Gasteiger partial charge in [0.05, 0.1) is 6.04 Å². The van der Waals surface area contributed by atoms with Crippen molar-refractivity contribution in [3.05, 3.63) is 0 Å². The SMILES string of the molecule is CC1CCC(N2CCC(NC3CC3)C2=O)C1. The van der Waals surface area contributed by atoms with E-state index < -0.39 is 0 Å². The molecule has 0 aromatic heterocycles. The van der Waals surface area contributed by atoms with Gasteiger partial charge >= 0.3 is 0 Å². The van der Waals surface area contributed by atoms with E-state index in [1.165, 1.54) is 32.1 Å². The molecule has 16 heavy (non-hydrogen) atoms. The molecule has 3 atom stereocenters. The van der Waals surface area contributed by atoms with Gasteiger partial charge in [0.15, 0.2) is 0 Å². The topological polar surface area (TPSA) is 32.3 Å². The minimum Gasteiger partial charge on any atom is -0.338 e. The van der Waals surface area contributed by atoms with Gasteiger partial charge in [0.25, 0.3) is 0 Å². The van der Waals surface area contributed by atoms with Gasteiger partial charge in [0, 0.05) is 18.6 Å². The summed E-state index contributed by atoms with van der Waals surface area (Å²) in [6.07, 6.45) is 7.31. The number of carbonyl (C=O) groups excluding carboxylic acids is 1. The zero-order chi connectivity index (χ0) is 11.1. The first-order valence-corrected chi connectivity index (χ1v) is 6.80. The second kappa shape index (κ2) is 4.02. The first kappa shape index (κ1) is 10.6. The molecule has 2 aliphatic carbocycles. The predicted molar refractivity (Wildman–Crippen MR) is 63.1 cm³/mol. The van der Waals surface area contributed by atoms with E-state index in [-0.39, 0.29) is 6.04 Å². The average Bonchev–Trinajstić information content (AvgIpc) is 2.87. The van der Waals surface area contributed by atoms with E-state index in [2.05, 4.69) is 17.1 Å². The zero-order valence-corrected chi connectivity index (χ0v) is 10.1. The van der Waals surface area contributed by atoms with Crippen molar-refractivity contribution >= 4 is 5.91 Å². The van der Waals surface area contributed by atoms with Crippen LogP contribution in [0.5, 0.6) is 0 Å². The largest absolute Gasteiger partial charge is 0.338 e. The lowest BCUT2D eigenvalue weighted by atomic mass is 10.1. The lowest BCUT2D eigenvalue weighted by molar-refractivity contribution is -0.131. The summed E-state index contributed by atoms with van der Waals surface area (Å²) in [5.41, 5.74) is 0. The molecule has 3 aliphatic rings. The van der Waals surface area contributed by atoms with Crippen molar-refractivity contribution in [2.75, 3.05) is 6.54 Å². The summed E-state index contributed by atoms with van der Waals surface area (Å²) in [5, 5.41) is 3.48. The lowest BCUT2D eigenvalue weighted by Gasteiger charge is -2.24. The van der Waals surface area contributed by atoms with Crippen molar-refractivity contribution < 1.29 is 4.79 Å². The Morgan fingerprint density at radius 3 is 2.62 bits per heavy atom. The van der Waals surface area contributed by atoms with Gasteiger partial charge in [-0.15, -0.1) is 0 Å². The number of amides is 1. The Bertz CT molecular complexity index is 288. The van der Waals surface area contributed by atoms with Gasteiger partial charge in [-0.25, -0.2) is 0 Å². The van der Waals surface area contributed by atoms with Gasteiger partial charge in [-0.1, -0.05) is 6.92 Å². The third-order valence-corrected chi connectivity index (χ3v) is 4.36. The van der Waals surface area contributed by atoms with Gasteiger partial charge in [0.2, 0.25) is 5.91 Å². The van der Waals surface area contributed by atoms with Gasteiger partial charge < -0.3 is 10.2 Å². The second-order valence-electron chi connectivity index (χ2n) is 5.89. The van der Waals surface area contributed by atoms with Crippen LogP contribution in [0.4, 0.5) is 0 Å². The van der Waals surface area contributed by atoms with E-state index in [0.29, 0.717) is 18.0 Å². The molecule has 3 fully saturated rings. The number of likely N-dealkylation sites (tertiary alicyclic amines) is 1. The van der Waals surface area contributed by atoms with E-state index >= 15 is 0 Å². The Morgan fingerprint density at radius 2 is 2.00 bits per heavy atom. The van der Waals surface area contributed by atoms with E-state index in [1.807, 2.05) is 0 Å². The molecule has 1 amide bonds. The van der Waals surface area contributed by atoms with Gasteiger partial charge in [-0.05, 0) is 44.4 Å². The average molecular weight is 222 g/mol. The molecule has 3 unspecified atom stereocenters. The fourth-order valence-electron chi connectivity index (χ4n) is 3.21. The molecular formula is C13H22N2O. The maximum atomic E-state index is 12.2. The smallest absolute Gasteiger partial charge is 0.240 e. The van der Waals surface area contributed by atoms with Crippen molar-refractivity contribution in [2.24, 2.45) is 5.92 Å². The van der Waals surface area contributed by atoms with Crippen LogP contribution in [0.15, 0.2) is 0 Å². The maximum absolute atomic E-state index is 12.2. The summed E-state index contributed by atoms with van der Waals surface area (Å²) < 4.78 is 0. The molecule has 3 rings (SSSR count). The van der Waals surface area contributed by atoms with E-state index in [4.69, 9.17) is 0 Å². The molecule has 0 radical (unpaired) electrons. The molecule has 0 bridgehead atoms. The quantitative estimate of drug-likeness (QED) is 0.785. The number of hydrogen-bond acceptors (Lipinski definition) is 2. The highest BCUT2D eigenvalue weighted by Crippen LogP contribution is 2.32. The Balaban J connectivity index is 1.58. The Hall–Kier alpha value is -0.570. The molecule has 0 aromatic carbocycles. The zero-order valence-electron chi connectivity index (χ0n) is 10.1. The molecule has 90 valence electrons. The monoisotopic (exact) mass is 222 g/mol. The lowest BCUT2D eigenvalue weighted by Crippen LogP contribution is -2.42. The van der Waals surface area contributed by atoms with Crippen molar-refractivity contribution in [2.45, 2.75) is 63.6 Å². The summed E-state index contributed by atoms with van der Waals surface area (Å²) in [7, 11) is 0. The molecule has 1 aliphatic heterocycles. The number of hydrogen-bond donors (Lipinski definition) is 1. The fraction of sp³-hybridized carbons (Fsp3) is 0.923. The molecular weight excluding hydrogens is 200 g/mol. The van der Waals surface area contributed by atoms with Crippen molar-refractivity contribution in [3.63, 3.8) is 0 Å². The molecule has 3 heteroatoms. The molecule has 1 saturated heterocycles. The van der Waals surface area contributed by atoms with Gasteiger partial charge in [-0.2, -0.15) is 0 Å². The number of rotatable bonds is 3. The van der Waals surface area contributed by atoms with Crippen molar-refractivity contribution in [1.29, 1.82) is 0 Å². The second-order valence-corrected chi connectivity index (χ2v) is 5.89. The highest BCUT2D eigenvalue weighted by Gasteiger charge is 2.39. The molecule has 2 saturated carbocycles. The summed E-state index contributed by atoms with van der Waals surface area (Å²) in [6, 6.07) is 1.34. The third kappa shape index (κ3) is 1.97. The molecule has 0 spiro atoms. The number of nitrogens with one attached hydrogen (secondary N) is 1. The molecule has 3 nitrogen and oxygen atoms in total. The highest BCUT2D eigenvalue weighted by molar-refractivity contribution is 5.84. The van der Waals surface area contributed by atoms with Crippen LogP contribution in [0.2, 0.25) is 0 Å². The third-order valence-electron chi connectivity index (χ3n) is 4.36. The minimum atomic E-state index is 0.142. The van der Waals surface area contributed by atoms with Crippen LogP contribution >= 0.6 is 0 Å². The fourth-order valence-corrected chi connectivity index (χ4v) is 3.21. The van der Waals surface area contributed by atoms with Gasteiger partial charge in [-0.3, -0.25) is 4.79 Å². The summed E-state index contributed by atoms with van der Waals surface area (Å²) in [4.78, 5) is 14.4. The van der Waals surface area contributed by atoms with E-state index in [1.54, 1.807) is 0 Å². The Kier molecular flexibility index (Phi) is 2.66. The summed E-state index contributed by atoms with van der Waals surface area (Å²) >= 11 is 0. The van der Waals surface area contributed by atoms with E-state index in [9.17, 15) is 4.79 Å². The van der Waals surface area contributed by atoms with Crippen LogP contribution in [0.3, 0.4) is 0 Å². The Morgan fingerprint density at radius 1 is 1.19 bits per heavy atom. The maximum Gasteiger partial charge on any atom is 0.240 e. The Labute approximate surface area is 97.6 Å². The minimum absolute atomic E-state index is 0.142. The van der Waals surface area contributed by atoms with Crippen LogP contribution < -0.4 is 5.32 Å². The van der Waals surface area contributed by atoms with Crippen LogP contribution in [0, 0.1) is 5.92 Å². The van der Waals surface area contributed by atoms with E-state index in [0.717, 1.165) is 18.9 Å². The predicted octanol–water partition coefficient (Wildman–Crippen LogP) is 1.53. The van der Waals surface area contributed by atoms with Crippen LogP contribution in [-0.2, 0) is 4.79 Å². The summed E-state index contributed by atoms with van der Waals surface area (Å²) in [5.74, 6) is 1.19. The van der Waals surface area contributed by atoms with Crippen LogP contribution in [0.1, 0.15) is 45.4 Å². The molecule has 0 aromatic rings. The first-order chi connectivity index (χ1) is 7.74. The standard InChI is InChI=1S/C13H22N2O/c1-9-2-5-11(8-9)15-7-6-12(13(15)16)14-10-3-4-10/h9-12,14H,2-8H2,1H3. The van der Waals surface area contributed by atoms with Crippen LogP contribution in [0.25, 0.3) is 0 Å². The van der Waals surface area contributed by atoms with Crippen molar-refractivity contribution in [3.8, 4) is 0 Å². The van der Waals surface area contributed by atoms with Crippen molar-refractivity contribution in [1.82, 2.24) is 10.2 Å². The van der Waals surface area contributed by atoms with Gasteiger partial charge in [0.1, 0.15) is 0 Å². The summed E-state index contributed by atoms with van der Waals surface area (Å²) in [6.45, 7) is 3.29. The number of carbonyl (C=O) groups is 1. The normalized spacial score (nSPS) is 39.7. The first-order valence-electron chi connectivity index (χ1n) is 6.80.